The second-order valence-corrected chi connectivity index (χ2v) is 15.6. The minimum absolute atomic E-state index is 0.877. The average molecular weight is 780 g/mol. The lowest BCUT2D eigenvalue weighted by Crippen LogP contribution is -2.11. The molecule has 0 aliphatic rings. The predicted molar refractivity (Wildman–Crippen MR) is 255 cm³/mol. The van der Waals surface area contributed by atoms with Crippen LogP contribution >= 0.6 is 0 Å². The lowest BCUT2D eigenvalue weighted by Gasteiger charge is -2.28. The molecule has 3 nitrogen and oxygen atoms in total. The third-order valence-corrected chi connectivity index (χ3v) is 12.1. The Bertz CT molecular complexity index is 3570. The van der Waals surface area contributed by atoms with Gasteiger partial charge in [0, 0.05) is 38.5 Å². The van der Waals surface area contributed by atoms with Gasteiger partial charge >= 0.3 is 0 Å². The normalized spacial score (nSPS) is 11.6. The molecule has 61 heavy (non-hydrogen) atoms. The lowest BCUT2D eigenvalue weighted by molar-refractivity contribution is 0.668. The molecule has 0 amide bonds. The molecule has 0 fully saturated rings. The average Bonchev–Trinajstić information content (AvgIpc) is 3.91. The number of benzene rings is 10. The Labute approximate surface area is 353 Å². The van der Waals surface area contributed by atoms with Crippen LogP contribution in [0.1, 0.15) is 0 Å². The summed E-state index contributed by atoms with van der Waals surface area (Å²) >= 11 is 0. The number of para-hydroxylation sites is 3. The van der Waals surface area contributed by atoms with Crippen molar-refractivity contribution in [2.75, 3.05) is 4.90 Å². The van der Waals surface area contributed by atoms with Crippen molar-refractivity contribution in [1.29, 1.82) is 0 Å². The molecule has 0 radical (unpaired) electrons. The van der Waals surface area contributed by atoms with Gasteiger partial charge in [0.1, 0.15) is 22.3 Å². The van der Waals surface area contributed by atoms with E-state index in [1.807, 2.05) is 24.3 Å². The van der Waals surface area contributed by atoms with E-state index in [0.29, 0.717) is 0 Å². The predicted octanol–water partition coefficient (Wildman–Crippen LogP) is 16.8. The van der Waals surface area contributed by atoms with Gasteiger partial charge in [-0.15, -0.1) is 0 Å². The quantitative estimate of drug-likeness (QED) is 0.161. The molecule has 0 spiro atoms. The van der Waals surface area contributed by atoms with Crippen molar-refractivity contribution < 1.29 is 8.83 Å². The maximum Gasteiger partial charge on any atom is 0.136 e. The van der Waals surface area contributed by atoms with E-state index in [0.717, 1.165) is 88.8 Å². The number of hydrogen-bond donors (Lipinski definition) is 0. The Kier molecular flexibility index (Phi) is 8.17. The van der Waals surface area contributed by atoms with Crippen LogP contribution in [0.25, 0.3) is 99.2 Å². The zero-order chi connectivity index (χ0) is 40.3. The smallest absolute Gasteiger partial charge is 0.136 e. The molecule has 0 N–H and O–H groups in total. The summed E-state index contributed by atoms with van der Waals surface area (Å²) in [6.45, 7) is 0. The van der Waals surface area contributed by atoms with Gasteiger partial charge in [-0.1, -0.05) is 164 Å². The van der Waals surface area contributed by atoms with Crippen LogP contribution in [0.5, 0.6) is 0 Å². The van der Waals surface area contributed by atoms with Crippen molar-refractivity contribution >= 4 is 71.7 Å². The first-order valence-electron chi connectivity index (χ1n) is 20.7. The van der Waals surface area contributed by atoms with E-state index in [2.05, 4.69) is 205 Å². The summed E-state index contributed by atoms with van der Waals surface area (Å²) in [5, 5.41) is 7.00. The van der Waals surface area contributed by atoms with Crippen LogP contribution < -0.4 is 4.90 Å². The fourth-order valence-electron chi connectivity index (χ4n) is 9.15. The molecule has 0 bridgehead atoms. The summed E-state index contributed by atoms with van der Waals surface area (Å²) in [6.07, 6.45) is 0. The largest absolute Gasteiger partial charge is 0.456 e. The molecule has 0 aliphatic heterocycles. The molecular formula is C58H37NO2. The van der Waals surface area contributed by atoms with Crippen LogP contribution in [-0.4, -0.2) is 0 Å². The number of nitrogens with zero attached hydrogens (tertiary/aromatic N) is 1. The van der Waals surface area contributed by atoms with Gasteiger partial charge in [-0.05, 0) is 110 Å². The fraction of sp³-hybridized carbons (Fsp3) is 0. The van der Waals surface area contributed by atoms with Crippen molar-refractivity contribution in [1.82, 2.24) is 0 Å². The molecule has 0 unspecified atom stereocenters. The molecule has 10 aromatic carbocycles. The SMILES string of the molecule is c1ccc(N(c2ccc(-c3ccc(-c4cccc5ccccc45)cc3)cc2)c2ccc(-c3ccc4c(c3)oc3ccccc34)cc2)c(-c2cccc3oc4ccccc4c23)c1. The van der Waals surface area contributed by atoms with Gasteiger partial charge in [-0.25, -0.2) is 0 Å². The molecule has 3 heteroatoms. The van der Waals surface area contributed by atoms with Crippen molar-refractivity contribution in [3.63, 3.8) is 0 Å². The zero-order valence-electron chi connectivity index (χ0n) is 33.1. The first-order chi connectivity index (χ1) is 30.2. The molecule has 2 heterocycles. The van der Waals surface area contributed by atoms with Crippen LogP contribution in [0, 0.1) is 0 Å². The molecule has 2 aromatic heterocycles. The van der Waals surface area contributed by atoms with E-state index in [1.54, 1.807) is 0 Å². The van der Waals surface area contributed by atoms with Crippen molar-refractivity contribution in [2.24, 2.45) is 0 Å². The van der Waals surface area contributed by atoms with Gasteiger partial charge in [-0.3, -0.25) is 0 Å². The molecule has 0 aliphatic carbocycles. The molecule has 286 valence electrons. The Morgan fingerprint density at radius 1 is 0.279 bits per heavy atom. The third kappa shape index (κ3) is 5.98. The van der Waals surface area contributed by atoms with Crippen LogP contribution in [0.3, 0.4) is 0 Å². The maximum absolute atomic E-state index is 6.37. The van der Waals surface area contributed by atoms with E-state index in [4.69, 9.17) is 8.83 Å². The number of fused-ring (bicyclic) bond motifs is 7. The van der Waals surface area contributed by atoms with E-state index in [9.17, 15) is 0 Å². The summed E-state index contributed by atoms with van der Waals surface area (Å²) in [5.41, 5.74) is 16.0. The summed E-state index contributed by atoms with van der Waals surface area (Å²) < 4.78 is 12.6. The second kappa shape index (κ2) is 14.3. The number of hydrogen-bond acceptors (Lipinski definition) is 3. The van der Waals surface area contributed by atoms with Gasteiger partial charge in [0.05, 0.1) is 5.69 Å². The molecule has 12 aromatic rings. The minimum atomic E-state index is 0.877. The van der Waals surface area contributed by atoms with Crippen molar-refractivity contribution in [3.8, 4) is 44.5 Å². The Morgan fingerprint density at radius 2 is 0.754 bits per heavy atom. The number of anilines is 3. The Balaban J connectivity index is 0.955. The van der Waals surface area contributed by atoms with Gasteiger partial charge in [0.15, 0.2) is 0 Å². The molecule has 0 atom stereocenters. The monoisotopic (exact) mass is 779 g/mol. The molecule has 0 saturated carbocycles. The van der Waals surface area contributed by atoms with E-state index in [1.165, 1.54) is 27.5 Å². The topological polar surface area (TPSA) is 29.5 Å². The summed E-state index contributed by atoms with van der Waals surface area (Å²) in [4.78, 5) is 2.37. The molecule has 0 saturated heterocycles. The lowest BCUT2D eigenvalue weighted by atomic mass is 9.95. The number of furan rings is 2. The highest BCUT2D eigenvalue weighted by atomic mass is 16.3. The van der Waals surface area contributed by atoms with Crippen molar-refractivity contribution in [3.05, 3.63) is 224 Å². The van der Waals surface area contributed by atoms with E-state index < -0.39 is 0 Å². The molecular weight excluding hydrogens is 743 g/mol. The standard InChI is InChI=1S/C58H37NO2/c1-2-13-46-41(11-1)12-9-17-47(46)42-25-23-38(24-26-42)39-27-32-44(33-28-39)59(45-34-29-40(30-35-45)43-31-36-50-49-15-4-7-20-54(49)61-57(50)37-43)53-19-6-3-14-48(53)51-18-10-22-56-58(51)52-16-5-8-21-55(52)60-56/h1-37H. The summed E-state index contributed by atoms with van der Waals surface area (Å²) in [6, 6.07) is 80.0. The van der Waals surface area contributed by atoms with E-state index >= 15 is 0 Å². The summed E-state index contributed by atoms with van der Waals surface area (Å²) in [7, 11) is 0. The van der Waals surface area contributed by atoms with E-state index in [-0.39, 0.29) is 0 Å². The van der Waals surface area contributed by atoms with Crippen LogP contribution in [-0.2, 0) is 0 Å². The zero-order valence-corrected chi connectivity index (χ0v) is 33.1. The van der Waals surface area contributed by atoms with Gasteiger partial charge < -0.3 is 13.7 Å². The second-order valence-electron chi connectivity index (χ2n) is 15.6. The highest BCUT2D eigenvalue weighted by Gasteiger charge is 2.21. The van der Waals surface area contributed by atoms with Crippen LogP contribution in [0.4, 0.5) is 17.1 Å². The molecule has 12 rings (SSSR count). The van der Waals surface area contributed by atoms with Gasteiger partial charge in [-0.2, -0.15) is 0 Å². The minimum Gasteiger partial charge on any atom is -0.456 e. The van der Waals surface area contributed by atoms with Crippen LogP contribution in [0.15, 0.2) is 233 Å². The van der Waals surface area contributed by atoms with Gasteiger partial charge in [0.25, 0.3) is 0 Å². The van der Waals surface area contributed by atoms with Crippen molar-refractivity contribution in [2.45, 2.75) is 0 Å². The highest BCUT2D eigenvalue weighted by Crippen LogP contribution is 2.45. The maximum atomic E-state index is 6.37. The third-order valence-electron chi connectivity index (χ3n) is 12.1. The fourth-order valence-corrected chi connectivity index (χ4v) is 9.15. The summed E-state index contributed by atoms with van der Waals surface area (Å²) in [5.74, 6) is 0. The highest BCUT2D eigenvalue weighted by molar-refractivity contribution is 6.14. The Morgan fingerprint density at radius 3 is 1.52 bits per heavy atom. The van der Waals surface area contributed by atoms with Crippen LogP contribution in [0.2, 0.25) is 0 Å². The first kappa shape index (κ1) is 34.9. The first-order valence-corrected chi connectivity index (χ1v) is 20.7. The van der Waals surface area contributed by atoms with Gasteiger partial charge in [0.2, 0.25) is 0 Å². The Hall–Kier alpha value is -8.14. The number of rotatable bonds is 7.